The van der Waals surface area contributed by atoms with Crippen molar-refractivity contribution in [2.45, 2.75) is 19.8 Å². The molecule has 1 aromatic rings. The van der Waals surface area contributed by atoms with Crippen molar-refractivity contribution in [2.75, 3.05) is 12.3 Å². The average Bonchev–Trinajstić information content (AvgIpc) is 2.18. The number of nitrogen functional groups attached to an aromatic ring is 1. The van der Waals surface area contributed by atoms with Crippen molar-refractivity contribution in [3.05, 3.63) is 24.5 Å². The van der Waals surface area contributed by atoms with Gasteiger partial charge in [-0.15, -0.1) is 6.58 Å². The molecule has 0 fully saturated rings. The Morgan fingerprint density at radius 2 is 2.36 bits per heavy atom. The van der Waals surface area contributed by atoms with Crippen LogP contribution in [0.2, 0.25) is 0 Å². The Kier molecular flexibility index (Phi) is 3.91. The van der Waals surface area contributed by atoms with Crippen LogP contribution in [0.5, 0.6) is 5.88 Å². The molecule has 1 heterocycles. The van der Waals surface area contributed by atoms with Gasteiger partial charge in [-0.1, -0.05) is 13.0 Å². The molecule has 4 nitrogen and oxygen atoms in total. The molecule has 0 spiro atoms. The fourth-order valence-corrected chi connectivity index (χ4v) is 1.10. The standard InChI is InChI=1S/C10H15N3O/c1-3-5-6-14-10-8(4-2)9(11)12-7-13-10/h3,7H,1,4-6H2,2H3,(H2,11,12,13). The first-order valence-corrected chi connectivity index (χ1v) is 4.62. The second kappa shape index (κ2) is 5.21. The Bertz CT molecular complexity index is 312. The molecule has 1 rings (SSSR count). The second-order valence-corrected chi connectivity index (χ2v) is 2.82. The van der Waals surface area contributed by atoms with E-state index < -0.39 is 0 Å². The number of rotatable bonds is 5. The minimum Gasteiger partial charge on any atom is -0.477 e. The Morgan fingerprint density at radius 1 is 1.57 bits per heavy atom. The quantitative estimate of drug-likeness (QED) is 0.569. The van der Waals surface area contributed by atoms with Crippen molar-refractivity contribution in [1.29, 1.82) is 0 Å². The van der Waals surface area contributed by atoms with E-state index in [1.54, 1.807) is 6.08 Å². The Labute approximate surface area is 83.8 Å². The third kappa shape index (κ3) is 2.45. The lowest BCUT2D eigenvalue weighted by Crippen LogP contribution is -2.05. The molecule has 0 aromatic carbocycles. The first-order chi connectivity index (χ1) is 6.79. The molecular weight excluding hydrogens is 178 g/mol. The highest BCUT2D eigenvalue weighted by atomic mass is 16.5. The average molecular weight is 193 g/mol. The molecule has 76 valence electrons. The van der Waals surface area contributed by atoms with E-state index in [0.717, 1.165) is 18.4 Å². The molecule has 4 heteroatoms. The summed E-state index contributed by atoms with van der Waals surface area (Å²) >= 11 is 0. The molecule has 1 aromatic heterocycles. The Balaban J connectivity index is 2.74. The SMILES string of the molecule is C=CCCOc1ncnc(N)c1CC. The Morgan fingerprint density at radius 3 is 3.00 bits per heavy atom. The molecular formula is C10H15N3O. The van der Waals surface area contributed by atoms with Gasteiger partial charge in [-0.05, 0) is 12.8 Å². The van der Waals surface area contributed by atoms with Crippen molar-refractivity contribution in [3.63, 3.8) is 0 Å². The highest BCUT2D eigenvalue weighted by Crippen LogP contribution is 2.19. The molecule has 0 atom stereocenters. The second-order valence-electron chi connectivity index (χ2n) is 2.82. The molecule has 0 aliphatic heterocycles. The largest absolute Gasteiger partial charge is 0.477 e. The zero-order chi connectivity index (χ0) is 10.4. The minimum absolute atomic E-state index is 0.496. The molecule has 0 unspecified atom stereocenters. The summed E-state index contributed by atoms with van der Waals surface area (Å²) < 4.78 is 5.45. The van der Waals surface area contributed by atoms with E-state index in [2.05, 4.69) is 16.5 Å². The third-order valence-electron chi connectivity index (χ3n) is 1.85. The predicted molar refractivity (Wildman–Crippen MR) is 56.1 cm³/mol. The highest BCUT2D eigenvalue weighted by molar-refractivity contribution is 5.44. The van der Waals surface area contributed by atoms with Gasteiger partial charge in [0, 0.05) is 0 Å². The number of nitrogens with zero attached hydrogens (tertiary/aromatic N) is 2. The normalized spacial score (nSPS) is 9.79. The number of hydrogen-bond donors (Lipinski definition) is 1. The molecule has 0 saturated heterocycles. The van der Waals surface area contributed by atoms with E-state index in [0.29, 0.717) is 18.3 Å². The first kappa shape index (κ1) is 10.5. The van der Waals surface area contributed by atoms with Crippen molar-refractivity contribution >= 4 is 5.82 Å². The van der Waals surface area contributed by atoms with Gasteiger partial charge in [-0.3, -0.25) is 0 Å². The maximum absolute atomic E-state index is 5.68. The van der Waals surface area contributed by atoms with Crippen molar-refractivity contribution < 1.29 is 4.74 Å². The molecule has 0 aliphatic carbocycles. The van der Waals surface area contributed by atoms with Crippen molar-refractivity contribution in [2.24, 2.45) is 0 Å². The van der Waals surface area contributed by atoms with Gasteiger partial charge in [0.25, 0.3) is 0 Å². The van der Waals surface area contributed by atoms with Gasteiger partial charge in [-0.2, -0.15) is 0 Å². The summed E-state index contributed by atoms with van der Waals surface area (Å²) in [7, 11) is 0. The molecule has 0 bridgehead atoms. The maximum atomic E-state index is 5.68. The molecule has 0 saturated carbocycles. The molecule has 0 aliphatic rings. The molecule has 14 heavy (non-hydrogen) atoms. The summed E-state index contributed by atoms with van der Waals surface area (Å²) in [5.41, 5.74) is 6.56. The minimum atomic E-state index is 0.496. The van der Waals surface area contributed by atoms with E-state index in [-0.39, 0.29) is 0 Å². The first-order valence-electron chi connectivity index (χ1n) is 4.62. The van der Waals surface area contributed by atoms with E-state index in [9.17, 15) is 0 Å². The van der Waals surface area contributed by atoms with Crippen LogP contribution in [-0.2, 0) is 6.42 Å². The van der Waals surface area contributed by atoms with Crippen LogP contribution < -0.4 is 10.5 Å². The zero-order valence-corrected chi connectivity index (χ0v) is 8.36. The van der Waals surface area contributed by atoms with Crippen LogP contribution in [0.1, 0.15) is 18.9 Å². The summed E-state index contributed by atoms with van der Waals surface area (Å²) in [6.45, 7) is 6.19. The van der Waals surface area contributed by atoms with Crippen LogP contribution in [0.15, 0.2) is 19.0 Å². The van der Waals surface area contributed by atoms with E-state index in [4.69, 9.17) is 10.5 Å². The van der Waals surface area contributed by atoms with Crippen LogP contribution >= 0.6 is 0 Å². The smallest absolute Gasteiger partial charge is 0.221 e. The van der Waals surface area contributed by atoms with Gasteiger partial charge in [0.1, 0.15) is 12.1 Å². The van der Waals surface area contributed by atoms with E-state index in [1.165, 1.54) is 6.33 Å². The van der Waals surface area contributed by atoms with Crippen LogP contribution in [0.25, 0.3) is 0 Å². The van der Waals surface area contributed by atoms with Crippen molar-refractivity contribution in [1.82, 2.24) is 9.97 Å². The molecule has 0 amide bonds. The van der Waals surface area contributed by atoms with Gasteiger partial charge < -0.3 is 10.5 Å². The van der Waals surface area contributed by atoms with E-state index in [1.807, 2.05) is 6.92 Å². The van der Waals surface area contributed by atoms with Gasteiger partial charge in [0.15, 0.2) is 0 Å². The van der Waals surface area contributed by atoms with Gasteiger partial charge >= 0.3 is 0 Å². The number of aromatic nitrogens is 2. The van der Waals surface area contributed by atoms with Crippen molar-refractivity contribution in [3.8, 4) is 5.88 Å². The van der Waals surface area contributed by atoms with Gasteiger partial charge in [0.05, 0.1) is 12.2 Å². The van der Waals surface area contributed by atoms with Crippen LogP contribution in [0.3, 0.4) is 0 Å². The summed E-state index contributed by atoms with van der Waals surface area (Å²) in [6.07, 6.45) is 4.79. The van der Waals surface area contributed by atoms with E-state index >= 15 is 0 Å². The lowest BCUT2D eigenvalue weighted by molar-refractivity contribution is 0.308. The summed E-state index contributed by atoms with van der Waals surface area (Å²) in [5, 5.41) is 0. The summed E-state index contributed by atoms with van der Waals surface area (Å²) in [5.74, 6) is 1.08. The van der Waals surface area contributed by atoms with Crippen LogP contribution in [0, 0.1) is 0 Å². The van der Waals surface area contributed by atoms with Crippen LogP contribution in [0.4, 0.5) is 5.82 Å². The van der Waals surface area contributed by atoms with Gasteiger partial charge in [0.2, 0.25) is 5.88 Å². The fraction of sp³-hybridized carbons (Fsp3) is 0.400. The van der Waals surface area contributed by atoms with Crippen LogP contribution in [-0.4, -0.2) is 16.6 Å². The monoisotopic (exact) mass is 193 g/mol. The van der Waals surface area contributed by atoms with Gasteiger partial charge in [-0.25, -0.2) is 9.97 Å². The Hall–Kier alpha value is -1.58. The third-order valence-corrected chi connectivity index (χ3v) is 1.85. The molecule has 0 radical (unpaired) electrons. The highest BCUT2D eigenvalue weighted by Gasteiger charge is 2.07. The molecule has 2 N–H and O–H groups in total. The number of nitrogens with two attached hydrogens (primary N) is 1. The summed E-state index contributed by atoms with van der Waals surface area (Å²) in [4.78, 5) is 7.94. The zero-order valence-electron chi connectivity index (χ0n) is 8.36. The number of hydrogen-bond acceptors (Lipinski definition) is 4. The lowest BCUT2D eigenvalue weighted by Gasteiger charge is -2.08. The predicted octanol–water partition coefficient (Wildman–Crippen LogP) is 1.58. The topological polar surface area (TPSA) is 61.0 Å². The fourth-order valence-electron chi connectivity index (χ4n) is 1.10. The lowest BCUT2D eigenvalue weighted by atomic mass is 10.2. The maximum Gasteiger partial charge on any atom is 0.221 e. The number of anilines is 1. The number of ether oxygens (including phenoxy) is 1. The summed E-state index contributed by atoms with van der Waals surface area (Å²) in [6, 6.07) is 0.